The van der Waals surface area contributed by atoms with Crippen molar-refractivity contribution in [3.05, 3.63) is 59.8 Å². The maximum atomic E-state index is 14.1. The smallest absolute Gasteiger partial charge is 0.312 e. The molecule has 1 aromatic heterocycles. The van der Waals surface area contributed by atoms with Gasteiger partial charge in [-0.1, -0.05) is 25.1 Å². The topological polar surface area (TPSA) is 59.2 Å². The zero-order chi connectivity index (χ0) is 19.7. The Morgan fingerprint density at radius 3 is 2.52 bits per heavy atom. The van der Waals surface area contributed by atoms with Gasteiger partial charge in [-0.25, -0.2) is 14.8 Å². The standard InChI is InChI=1S/C19H19F3N4O/c1-3-11-26-16(14-7-5-4-6-8-14)25-18(17(26)27,19(20,21)22)24-15-12-13(2)9-10-23-15/h4-10,12H,3,11H2,1-2H3,(H,23,24)/p+1/t18-/m1/s1. The lowest BCUT2D eigenvalue weighted by atomic mass is 10.1. The Bertz CT molecular complexity index is 867. The Kier molecular flexibility index (Phi) is 4.91. The number of amides is 1. The molecular weight excluding hydrogens is 357 g/mol. The van der Waals surface area contributed by atoms with Gasteiger partial charge >= 0.3 is 17.7 Å². The van der Waals surface area contributed by atoms with Crippen molar-refractivity contribution in [2.24, 2.45) is 0 Å². The molecule has 1 aromatic carbocycles. The SMILES string of the molecule is CCCN1C(=O)[C@](Nc2cc(C)ccn2)(C(F)(F)F)[NH+]=C1c1ccccc1. The summed E-state index contributed by atoms with van der Waals surface area (Å²) in [4.78, 5) is 20.5. The van der Waals surface area contributed by atoms with Gasteiger partial charge in [-0.3, -0.25) is 0 Å². The number of carbonyl (C=O) groups excluding carboxylic acids is 1. The van der Waals surface area contributed by atoms with Gasteiger partial charge in [-0.05, 0) is 43.2 Å². The molecule has 27 heavy (non-hydrogen) atoms. The lowest BCUT2D eigenvalue weighted by Crippen LogP contribution is -2.94. The number of halogens is 3. The van der Waals surface area contributed by atoms with Gasteiger partial charge in [0.25, 0.3) is 5.84 Å². The van der Waals surface area contributed by atoms with Gasteiger partial charge < -0.3 is 5.32 Å². The zero-order valence-corrected chi connectivity index (χ0v) is 15.0. The number of anilines is 1. The minimum absolute atomic E-state index is 0.0288. The second-order valence-corrected chi connectivity index (χ2v) is 6.39. The van der Waals surface area contributed by atoms with Crippen molar-refractivity contribution in [3.63, 3.8) is 0 Å². The van der Waals surface area contributed by atoms with E-state index < -0.39 is 17.7 Å². The zero-order valence-electron chi connectivity index (χ0n) is 15.0. The number of aromatic nitrogens is 1. The Hall–Kier alpha value is -2.90. The number of carbonyl (C=O) groups is 1. The molecule has 142 valence electrons. The lowest BCUT2D eigenvalue weighted by molar-refractivity contribution is -0.566. The Labute approximate surface area is 154 Å². The van der Waals surface area contributed by atoms with E-state index in [2.05, 4.69) is 15.3 Å². The first-order chi connectivity index (χ1) is 12.8. The van der Waals surface area contributed by atoms with Gasteiger partial charge in [0.1, 0.15) is 5.82 Å². The van der Waals surface area contributed by atoms with E-state index in [0.29, 0.717) is 12.0 Å². The quantitative estimate of drug-likeness (QED) is 0.836. The van der Waals surface area contributed by atoms with E-state index >= 15 is 0 Å². The number of alkyl halides is 3. The van der Waals surface area contributed by atoms with Crippen LogP contribution in [0.1, 0.15) is 24.5 Å². The molecule has 2 N–H and O–H groups in total. The van der Waals surface area contributed by atoms with E-state index in [4.69, 9.17) is 0 Å². The number of pyridine rings is 1. The van der Waals surface area contributed by atoms with E-state index in [9.17, 15) is 18.0 Å². The molecule has 1 atom stereocenters. The van der Waals surface area contributed by atoms with E-state index in [0.717, 1.165) is 10.5 Å². The van der Waals surface area contributed by atoms with E-state index in [1.165, 1.54) is 12.3 Å². The van der Waals surface area contributed by atoms with Crippen molar-refractivity contribution in [1.82, 2.24) is 9.88 Å². The summed E-state index contributed by atoms with van der Waals surface area (Å²) in [6.07, 6.45) is -2.98. The summed E-state index contributed by atoms with van der Waals surface area (Å²) < 4.78 is 42.4. The largest absolute Gasteiger partial charge is 0.465 e. The van der Waals surface area contributed by atoms with Crippen LogP contribution in [0.4, 0.5) is 19.0 Å². The number of hydrogen-bond acceptors (Lipinski definition) is 3. The molecule has 0 saturated heterocycles. The second kappa shape index (κ2) is 7.02. The molecule has 5 nitrogen and oxygen atoms in total. The molecule has 1 amide bonds. The number of aryl methyl sites for hydroxylation is 1. The van der Waals surface area contributed by atoms with Crippen LogP contribution in [0.15, 0.2) is 48.7 Å². The van der Waals surface area contributed by atoms with Crippen molar-refractivity contribution >= 4 is 17.6 Å². The number of amidine groups is 1. The van der Waals surface area contributed by atoms with Gasteiger partial charge in [-0.15, -0.1) is 0 Å². The fraction of sp³-hybridized carbons (Fsp3) is 0.316. The fourth-order valence-electron chi connectivity index (χ4n) is 3.01. The van der Waals surface area contributed by atoms with Crippen molar-refractivity contribution in [2.75, 3.05) is 11.9 Å². The molecule has 0 aliphatic carbocycles. The van der Waals surface area contributed by atoms with Crippen LogP contribution in [0, 0.1) is 6.92 Å². The Morgan fingerprint density at radius 1 is 1.22 bits per heavy atom. The van der Waals surface area contributed by atoms with Crippen LogP contribution < -0.4 is 10.3 Å². The second-order valence-electron chi connectivity index (χ2n) is 6.39. The Morgan fingerprint density at radius 2 is 1.93 bits per heavy atom. The van der Waals surface area contributed by atoms with Crippen LogP contribution in [-0.4, -0.2) is 40.0 Å². The summed E-state index contributed by atoms with van der Waals surface area (Å²) >= 11 is 0. The normalized spacial score (nSPS) is 20.0. The first kappa shape index (κ1) is 18.9. The molecule has 1 aliphatic heterocycles. The monoisotopic (exact) mass is 377 g/mol. The molecule has 2 heterocycles. The first-order valence-corrected chi connectivity index (χ1v) is 8.58. The third kappa shape index (κ3) is 3.39. The number of nitrogens with one attached hydrogen (secondary N) is 2. The van der Waals surface area contributed by atoms with Crippen molar-refractivity contribution < 1.29 is 23.0 Å². The highest BCUT2D eigenvalue weighted by atomic mass is 19.4. The predicted octanol–water partition coefficient (Wildman–Crippen LogP) is 1.84. The van der Waals surface area contributed by atoms with Crippen LogP contribution in [0.3, 0.4) is 0 Å². The first-order valence-electron chi connectivity index (χ1n) is 8.58. The van der Waals surface area contributed by atoms with Gasteiger partial charge in [0.2, 0.25) is 0 Å². The van der Waals surface area contributed by atoms with Crippen molar-refractivity contribution in [3.8, 4) is 0 Å². The maximum Gasteiger partial charge on any atom is 0.465 e. The number of hydrogen-bond donors (Lipinski definition) is 2. The van der Waals surface area contributed by atoms with E-state index in [1.54, 1.807) is 50.2 Å². The maximum absolute atomic E-state index is 14.1. The fourth-order valence-corrected chi connectivity index (χ4v) is 3.01. The predicted molar refractivity (Wildman–Crippen MR) is 94.9 cm³/mol. The minimum atomic E-state index is -4.89. The van der Waals surface area contributed by atoms with Crippen LogP contribution in [0.2, 0.25) is 0 Å². The molecule has 0 saturated carbocycles. The highest BCUT2D eigenvalue weighted by molar-refractivity contribution is 6.11. The Balaban J connectivity index is 2.14. The highest BCUT2D eigenvalue weighted by Gasteiger charge is 2.71. The average Bonchev–Trinajstić information content (AvgIpc) is 2.90. The third-order valence-electron chi connectivity index (χ3n) is 4.29. The van der Waals surface area contributed by atoms with Gasteiger partial charge in [-0.2, -0.15) is 18.1 Å². The summed E-state index contributed by atoms with van der Waals surface area (Å²) in [5.74, 6) is -1.00. The molecule has 3 rings (SSSR count). The van der Waals surface area contributed by atoms with Gasteiger partial charge in [0.15, 0.2) is 0 Å². The molecule has 0 spiro atoms. The van der Waals surface area contributed by atoms with Crippen LogP contribution >= 0.6 is 0 Å². The molecule has 1 aliphatic rings. The van der Waals surface area contributed by atoms with E-state index in [1.807, 2.05) is 0 Å². The number of benzene rings is 1. The molecule has 0 fully saturated rings. The minimum Gasteiger partial charge on any atom is -0.312 e. The van der Waals surface area contributed by atoms with Gasteiger partial charge in [0.05, 0.1) is 12.1 Å². The molecule has 0 unspecified atom stereocenters. The van der Waals surface area contributed by atoms with Gasteiger partial charge in [0, 0.05) is 6.20 Å². The third-order valence-corrected chi connectivity index (χ3v) is 4.29. The van der Waals surface area contributed by atoms with Crippen LogP contribution in [0.25, 0.3) is 0 Å². The molecular formula is C19H20F3N4O+. The average molecular weight is 377 g/mol. The summed E-state index contributed by atoms with van der Waals surface area (Å²) in [7, 11) is 0. The molecule has 0 bridgehead atoms. The molecule has 0 radical (unpaired) electrons. The van der Waals surface area contributed by atoms with Crippen molar-refractivity contribution in [1.29, 1.82) is 0 Å². The van der Waals surface area contributed by atoms with Crippen molar-refractivity contribution in [2.45, 2.75) is 32.1 Å². The molecule has 2 aromatic rings. The molecule has 8 heteroatoms. The summed E-state index contributed by atoms with van der Waals surface area (Å²) in [5, 5.41) is 2.31. The summed E-state index contributed by atoms with van der Waals surface area (Å²) in [6, 6.07) is 11.6. The number of nitrogens with zero attached hydrogens (tertiary/aromatic N) is 2. The lowest BCUT2D eigenvalue weighted by Gasteiger charge is -2.25. The van der Waals surface area contributed by atoms with Crippen LogP contribution in [-0.2, 0) is 4.79 Å². The van der Waals surface area contributed by atoms with Crippen LogP contribution in [0.5, 0.6) is 0 Å². The summed E-state index contributed by atoms with van der Waals surface area (Å²) in [5.41, 5.74) is -1.74. The summed E-state index contributed by atoms with van der Waals surface area (Å²) in [6.45, 7) is 3.71. The number of rotatable bonds is 5. The highest BCUT2D eigenvalue weighted by Crippen LogP contribution is 2.32. The van der Waals surface area contributed by atoms with E-state index in [-0.39, 0.29) is 18.2 Å².